The molecule has 1 aromatic heterocycles. The molecular weight excluding hydrogens is 665 g/mol. The fourth-order valence-corrected chi connectivity index (χ4v) is 9.16. The van der Waals surface area contributed by atoms with Crippen molar-refractivity contribution < 1.29 is 0 Å². The van der Waals surface area contributed by atoms with Crippen LogP contribution in [0.15, 0.2) is 206 Å². The second-order valence-corrected chi connectivity index (χ2v) is 14.5. The summed E-state index contributed by atoms with van der Waals surface area (Å²) in [7, 11) is 0. The van der Waals surface area contributed by atoms with Gasteiger partial charge in [-0.15, -0.1) is 0 Å². The summed E-state index contributed by atoms with van der Waals surface area (Å²) >= 11 is 0. The van der Waals surface area contributed by atoms with E-state index in [0.29, 0.717) is 5.82 Å². The lowest BCUT2D eigenvalue weighted by molar-refractivity contribution is 0.775. The van der Waals surface area contributed by atoms with Crippen LogP contribution in [0, 0.1) is 0 Å². The first-order chi connectivity index (χ1) is 27.3. The lowest BCUT2D eigenvalue weighted by atomic mass is 9.65. The summed E-state index contributed by atoms with van der Waals surface area (Å²) in [5.74, 6) is 0.700. The van der Waals surface area contributed by atoms with E-state index in [1.54, 1.807) is 0 Å². The summed E-state index contributed by atoms with van der Waals surface area (Å²) < 4.78 is 0. The molecule has 0 N–H and O–H groups in total. The third-order valence-electron chi connectivity index (χ3n) is 11.5. The Hall–Kier alpha value is -7.16. The van der Waals surface area contributed by atoms with Gasteiger partial charge in [-0.3, -0.25) is 0 Å². The Balaban J connectivity index is 1.20. The van der Waals surface area contributed by atoms with Gasteiger partial charge in [0.25, 0.3) is 0 Å². The quantitative estimate of drug-likeness (QED) is 0.183. The van der Waals surface area contributed by atoms with Crippen LogP contribution in [-0.2, 0) is 5.41 Å². The second kappa shape index (κ2) is 12.5. The van der Waals surface area contributed by atoms with Gasteiger partial charge in [0, 0.05) is 16.7 Å². The molecular formula is C53H34N2. The van der Waals surface area contributed by atoms with Crippen molar-refractivity contribution in [1.29, 1.82) is 0 Å². The van der Waals surface area contributed by atoms with Gasteiger partial charge in [-0.25, -0.2) is 9.97 Å². The predicted octanol–water partition coefficient (Wildman–Crippen LogP) is 13.2. The third kappa shape index (κ3) is 4.82. The van der Waals surface area contributed by atoms with Crippen molar-refractivity contribution in [2.75, 3.05) is 0 Å². The van der Waals surface area contributed by atoms with E-state index >= 15 is 0 Å². The van der Waals surface area contributed by atoms with Crippen molar-refractivity contribution in [3.63, 3.8) is 0 Å². The van der Waals surface area contributed by atoms with Gasteiger partial charge in [-0.05, 0) is 85.0 Å². The van der Waals surface area contributed by atoms with Crippen molar-refractivity contribution in [2.24, 2.45) is 0 Å². The van der Waals surface area contributed by atoms with Crippen molar-refractivity contribution in [3.05, 3.63) is 229 Å². The first-order valence-electron chi connectivity index (χ1n) is 18.9. The first-order valence-corrected chi connectivity index (χ1v) is 18.9. The van der Waals surface area contributed by atoms with Crippen molar-refractivity contribution in [1.82, 2.24) is 9.97 Å². The van der Waals surface area contributed by atoms with Crippen molar-refractivity contribution in [3.8, 4) is 78.4 Å². The van der Waals surface area contributed by atoms with E-state index in [1.165, 1.54) is 55.6 Å². The standard InChI is InChI=1S/C53H34N2/c1-3-16-35(17-4-1)37-20-15-21-39(32-37)52-54-50(36-18-5-2-6-19-36)34-51(55-52)38-30-31-45-41-23-8-7-22-40(41)42-24-9-12-27-46(42)53(49(45)33-38)47-28-13-10-25-43(47)44-26-11-14-29-48(44)53/h1-34H. The van der Waals surface area contributed by atoms with E-state index in [2.05, 4.69) is 206 Å². The highest BCUT2D eigenvalue weighted by Gasteiger charge is 2.49. The Kier molecular flexibility index (Phi) is 7.11. The predicted molar refractivity (Wildman–Crippen MR) is 226 cm³/mol. The first kappa shape index (κ1) is 31.4. The number of aromatic nitrogens is 2. The molecule has 1 heterocycles. The maximum atomic E-state index is 5.39. The molecule has 9 aromatic rings. The number of hydrogen-bond donors (Lipinski definition) is 0. The van der Waals surface area contributed by atoms with Crippen LogP contribution >= 0.6 is 0 Å². The Morgan fingerprint density at radius 1 is 0.255 bits per heavy atom. The van der Waals surface area contributed by atoms with Gasteiger partial charge in [-0.1, -0.05) is 188 Å². The topological polar surface area (TPSA) is 25.8 Å². The minimum Gasteiger partial charge on any atom is -0.228 e. The molecule has 2 aliphatic carbocycles. The van der Waals surface area contributed by atoms with Gasteiger partial charge in [0.2, 0.25) is 0 Å². The molecule has 2 heteroatoms. The third-order valence-corrected chi connectivity index (χ3v) is 11.5. The molecule has 0 fully saturated rings. The maximum Gasteiger partial charge on any atom is 0.160 e. The van der Waals surface area contributed by atoms with E-state index in [0.717, 1.165) is 39.2 Å². The van der Waals surface area contributed by atoms with Crippen LogP contribution in [-0.4, -0.2) is 9.97 Å². The van der Waals surface area contributed by atoms with Gasteiger partial charge in [-0.2, -0.15) is 0 Å². The molecule has 55 heavy (non-hydrogen) atoms. The molecule has 1 spiro atoms. The van der Waals surface area contributed by atoms with Crippen LogP contribution < -0.4 is 0 Å². The Bertz CT molecular complexity index is 2880. The van der Waals surface area contributed by atoms with E-state index in [4.69, 9.17) is 9.97 Å². The highest BCUT2D eigenvalue weighted by Crippen LogP contribution is 2.61. The molecule has 8 aromatic carbocycles. The van der Waals surface area contributed by atoms with Crippen LogP contribution in [0.4, 0.5) is 0 Å². The summed E-state index contributed by atoms with van der Waals surface area (Å²) in [5, 5.41) is 0. The summed E-state index contributed by atoms with van der Waals surface area (Å²) in [6, 6.07) is 74.6. The summed E-state index contributed by atoms with van der Waals surface area (Å²) in [6.07, 6.45) is 0. The van der Waals surface area contributed by atoms with Crippen LogP contribution in [0.1, 0.15) is 22.3 Å². The molecule has 256 valence electrons. The van der Waals surface area contributed by atoms with Crippen LogP contribution in [0.3, 0.4) is 0 Å². The Labute approximate surface area is 321 Å². The minimum absolute atomic E-state index is 0.559. The van der Waals surface area contributed by atoms with Crippen molar-refractivity contribution >= 4 is 0 Å². The molecule has 0 unspecified atom stereocenters. The van der Waals surface area contributed by atoms with Gasteiger partial charge in [0.1, 0.15) is 0 Å². The average Bonchev–Trinajstić information content (AvgIpc) is 3.52. The van der Waals surface area contributed by atoms with E-state index in [-0.39, 0.29) is 0 Å². The van der Waals surface area contributed by atoms with E-state index < -0.39 is 5.41 Å². The normalized spacial score (nSPS) is 12.9. The number of benzene rings is 8. The van der Waals surface area contributed by atoms with Gasteiger partial charge < -0.3 is 0 Å². The molecule has 2 nitrogen and oxygen atoms in total. The lowest BCUT2D eigenvalue weighted by Gasteiger charge is -2.35. The maximum absolute atomic E-state index is 5.39. The number of fused-ring (bicyclic) bond motifs is 12. The number of nitrogens with zero attached hydrogens (tertiary/aromatic N) is 2. The molecule has 0 amide bonds. The van der Waals surface area contributed by atoms with Gasteiger partial charge in [0.15, 0.2) is 5.82 Å². The molecule has 0 aliphatic heterocycles. The van der Waals surface area contributed by atoms with Crippen LogP contribution in [0.2, 0.25) is 0 Å². The number of hydrogen-bond acceptors (Lipinski definition) is 2. The zero-order valence-corrected chi connectivity index (χ0v) is 30.0. The molecule has 11 rings (SSSR count). The summed E-state index contributed by atoms with van der Waals surface area (Å²) in [4.78, 5) is 10.6. The van der Waals surface area contributed by atoms with E-state index in [9.17, 15) is 0 Å². The summed E-state index contributed by atoms with van der Waals surface area (Å²) in [5.41, 5.74) is 19.3. The van der Waals surface area contributed by atoms with Gasteiger partial charge in [0.05, 0.1) is 16.8 Å². The smallest absolute Gasteiger partial charge is 0.160 e. The minimum atomic E-state index is -0.559. The Morgan fingerprint density at radius 2 is 0.691 bits per heavy atom. The Morgan fingerprint density at radius 3 is 1.29 bits per heavy atom. The van der Waals surface area contributed by atoms with Crippen molar-refractivity contribution in [2.45, 2.75) is 5.41 Å². The SMILES string of the molecule is c1ccc(-c2cccc(-c3nc(-c4ccccc4)cc(-c4ccc5c(c4)C4(c6ccccc6-c6ccccc6-5)c5ccccc5-c5ccccc54)n3)c2)cc1. The fraction of sp³-hybridized carbons (Fsp3) is 0.0189. The summed E-state index contributed by atoms with van der Waals surface area (Å²) in [6.45, 7) is 0. The molecule has 2 aliphatic rings. The molecule has 0 saturated heterocycles. The highest BCUT2D eigenvalue weighted by atomic mass is 14.9. The molecule has 0 atom stereocenters. The second-order valence-electron chi connectivity index (χ2n) is 14.5. The highest BCUT2D eigenvalue weighted by molar-refractivity contribution is 5.98. The molecule has 0 radical (unpaired) electrons. The fourth-order valence-electron chi connectivity index (χ4n) is 9.16. The molecule has 0 bridgehead atoms. The largest absolute Gasteiger partial charge is 0.228 e. The lowest BCUT2D eigenvalue weighted by Crippen LogP contribution is -2.29. The van der Waals surface area contributed by atoms with Crippen LogP contribution in [0.5, 0.6) is 0 Å². The molecule has 0 saturated carbocycles. The number of rotatable bonds is 4. The zero-order chi connectivity index (χ0) is 36.3. The zero-order valence-electron chi connectivity index (χ0n) is 30.0. The van der Waals surface area contributed by atoms with E-state index in [1.807, 2.05) is 0 Å². The van der Waals surface area contributed by atoms with Gasteiger partial charge >= 0.3 is 0 Å². The monoisotopic (exact) mass is 698 g/mol. The average molecular weight is 699 g/mol. The van der Waals surface area contributed by atoms with Crippen LogP contribution in [0.25, 0.3) is 78.4 Å².